The molecule has 82 valence electrons. The van der Waals surface area contributed by atoms with Crippen LogP contribution in [0.2, 0.25) is 0 Å². The van der Waals surface area contributed by atoms with Crippen LogP contribution in [0, 0.1) is 0 Å². The highest BCUT2D eigenvalue weighted by atomic mass is 16.1. The van der Waals surface area contributed by atoms with E-state index in [1.165, 1.54) is 32.1 Å². The van der Waals surface area contributed by atoms with Gasteiger partial charge in [0, 0.05) is 6.42 Å². The smallest absolute Gasteiger partial charge is 0.129 e. The van der Waals surface area contributed by atoms with E-state index in [1.807, 2.05) is 0 Å². The van der Waals surface area contributed by atoms with Crippen LogP contribution < -0.4 is 0 Å². The van der Waals surface area contributed by atoms with Gasteiger partial charge in [-0.15, -0.1) is 0 Å². The number of rotatable bonds is 9. The maximum atomic E-state index is 10.6. The summed E-state index contributed by atoms with van der Waals surface area (Å²) in [5, 5.41) is 0. The fraction of sp³-hybridized carbons (Fsp3) is 0.769. The Hall–Kier alpha value is -0.590. The molecule has 0 aromatic heterocycles. The number of allylic oxidation sites excluding steroid dienone is 2. The Balaban J connectivity index is 2.99. The highest BCUT2D eigenvalue weighted by Crippen LogP contribution is 2.07. The average Bonchev–Trinajstić information content (AvgIpc) is 2.15. The lowest BCUT2D eigenvalue weighted by Crippen LogP contribution is -1.89. The van der Waals surface area contributed by atoms with Crippen molar-refractivity contribution in [2.24, 2.45) is 0 Å². The minimum absolute atomic E-state index is 0.330. The average molecular weight is 196 g/mol. The second kappa shape index (κ2) is 10.5. The summed E-state index contributed by atoms with van der Waals surface area (Å²) in [4.78, 5) is 10.6. The molecule has 1 nitrogen and oxygen atoms in total. The van der Waals surface area contributed by atoms with Gasteiger partial charge in [-0.05, 0) is 32.6 Å². The lowest BCUT2D eigenvalue weighted by Gasteiger charge is -1.98. The van der Waals surface area contributed by atoms with Gasteiger partial charge in [0.25, 0.3) is 0 Å². The van der Waals surface area contributed by atoms with Gasteiger partial charge in [-0.25, -0.2) is 0 Å². The molecule has 0 unspecified atom stereocenters. The molecule has 14 heavy (non-hydrogen) atoms. The molecule has 0 fully saturated rings. The van der Waals surface area contributed by atoms with Crippen LogP contribution in [0.4, 0.5) is 0 Å². The molecule has 0 saturated carbocycles. The van der Waals surface area contributed by atoms with Crippen molar-refractivity contribution in [3.8, 4) is 0 Å². The Kier molecular flexibility index (Phi) is 10.0. The number of ketones is 1. The number of hydrogen-bond donors (Lipinski definition) is 0. The molecule has 0 radical (unpaired) electrons. The van der Waals surface area contributed by atoms with E-state index in [1.54, 1.807) is 6.92 Å². The predicted molar refractivity (Wildman–Crippen MR) is 62.4 cm³/mol. The minimum Gasteiger partial charge on any atom is -0.300 e. The van der Waals surface area contributed by atoms with E-state index < -0.39 is 0 Å². The second-order valence-corrected chi connectivity index (χ2v) is 3.89. The van der Waals surface area contributed by atoms with E-state index in [9.17, 15) is 4.79 Å². The molecular weight excluding hydrogens is 172 g/mol. The second-order valence-electron chi connectivity index (χ2n) is 3.89. The van der Waals surface area contributed by atoms with Gasteiger partial charge in [-0.1, -0.05) is 38.3 Å². The van der Waals surface area contributed by atoms with Crippen molar-refractivity contribution in [3.63, 3.8) is 0 Å². The van der Waals surface area contributed by atoms with Crippen molar-refractivity contribution in [2.45, 2.75) is 65.2 Å². The van der Waals surface area contributed by atoms with Gasteiger partial charge < -0.3 is 4.79 Å². The molecule has 0 aliphatic heterocycles. The van der Waals surface area contributed by atoms with E-state index in [4.69, 9.17) is 0 Å². The summed E-state index contributed by atoms with van der Waals surface area (Å²) < 4.78 is 0. The Bertz CT molecular complexity index is 159. The summed E-state index contributed by atoms with van der Waals surface area (Å²) in [5.41, 5.74) is 0. The van der Waals surface area contributed by atoms with Gasteiger partial charge in [0.1, 0.15) is 5.78 Å². The zero-order chi connectivity index (χ0) is 10.6. The Morgan fingerprint density at radius 3 is 2.29 bits per heavy atom. The molecule has 0 atom stereocenters. The molecule has 0 bridgehead atoms. The van der Waals surface area contributed by atoms with Crippen LogP contribution in [0.3, 0.4) is 0 Å². The largest absolute Gasteiger partial charge is 0.300 e. The van der Waals surface area contributed by atoms with E-state index in [2.05, 4.69) is 19.1 Å². The molecule has 1 heteroatoms. The van der Waals surface area contributed by atoms with Crippen molar-refractivity contribution in [1.82, 2.24) is 0 Å². The highest BCUT2D eigenvalue weighted by Gasteiger charge is 1.93. The lowest BCUT2D eigenvalue weighted by atomic mass is 10.1. The summed E-state index contributed by atoms with van der Waals surface area (Å²) >= 11 is 0. The SMILES string of the molecule is CC/C=C/CCCCCCCC(C)=O. The first kappa shape index (κ1) is 13.4. The van der Waals surface area contributed by atoms with E-state index in [-0.39, 0.29) is 0 Å². The molecule has 0 amide bonds. The lowest BCUT2D eigenvalue weighted by molar-refractivity contribution is -0.117. The number of carbonyl (C=O) groups excluding carboxylic acids is 1. The van der Waals surface area contributed by atoms with E-state index in [0.717, 1.165) is 19.3 Å². The third-order valence-corrected chi connectivity index (χ3v) is 2.30. The number of carbonyl (C=O) groups is 1. The first-order chi connectivity index (χ1) is 6.77. The Labute approximate surface area is 88.6 Å². The van der Waals surface area contributed by atoms with Crippen molar-refractivity contribution in [1.29, 1.82) is 0 Å². The first-order valence-corrected chi connectivity index (χ1v) is 5.91. The van der Waals surface area contributed by atoms with E-state index in [0.29, 0.717) is 5.78 Å². The van der Waals surface area contributed by atoms with Crippen molar-refractivity contribution in [2.75, 3.05) is 0 Å². The maximum Gasteiger partial charge on any atom is 0.129 e. The predicted octanol–water partition coefficient (Wildman–Crippen LogP) is 4.27. The van der Waals surface area contributed by atoms with Crippen molar-refractivity contribution < 1.29 is 4.79 Å². The van der Waals surface area contributed by atoms with Crippen LogP contribution in [0.5, 0.6) is 0 Å². The summed E-state index contributed by atoms with van der Waals surface area (Å²) in [6, 6.07) is 0. The highest BCUT2D eigenvalue weighted by molar-refractivity contribution is 5.75. The number of unbranched alkanes of at least 4 members (excludes halogenated alkanes) is 5. The number of hydrogen-bond acceptors (Lipinski definition) is 1. The summed E-state index contributed by atoms with van der Waals surface area (Å²) in [5.74, 6) is 0.330. The Morgan fingerprint density at radius 1 is 1.00 bits per heavy atom. The molecule has 0 aliphatic carbocycles. The van der Waals surface area contributed by atoms with Crippen LogP contribution in [-0.4, -0.2) is 5.78 Å². The zero-order valence-corrected chi connectivity index (χ0v) is 9.72. The fourth-order valence-corrected chi connectivity index (χ4v) is 1.45. The van der Waals surface area contributed by atoms with Crippen LogP contribution in [-0.2, 0) is 4.79 Å². The van der Waals surface area contributed by atoms with Gasteiger partial charge in [0.2, 0.25) is 0 Å². The van der Waals surface area contributed by atoms with Crippen LogP contribution >= 0.6 is 0 Å². The van der Waals surface area contributed by atoms with Crippen molar-refractivity contribution in [3.05, 3.63) is 12.2 Å². The van der Waals surface area contributed by atoms with Gasteiger partial charge in [0.05, 0.1) is 0 Å². The van der Waals surface area contributed by atoms with Crippen LogP contribution in [0.15, 0.2) is 12.2 Å². The topological polar surface area (TPSA) is 17.1 Å². The molecular formula is C13H24O. The monoisotopic (exact) mass is 196 g/mol. The third kappa shape index (κ3) is 11.4. The summed E-state index contributed by atoms with van der Waals surface area (Å²) in [6.45, 7) is 3.84. The maximum absolute atomic E-state index is 10.6. The quantitative estimate of drug-likeness (QED) is 0.397. The molecule has 0 aromatic rings. The standard InChI is InChI=1S/C13H24O/c1-3-4-5-6-7-8-9-10-11-12-13(2)14/h4-5H,3,6-12H2,1-2H3/b5-4+. The van der Waals surface area contributed by atoms with Gasteiger partial charge >= 0.3 is 0 Å². The Morgan fingerprint density at radius 2 is 1.64 bits per heavy atom. The molecule has 0 rings (SSSR count). The molecule has 0 aliphatic rings. The van der Waals surface area contributed by atoms with Crippen LogP contribution in [0.25, 0.3) is 0 Å². The normalized spacial score (nSPS) is 11.0. The van der Waals surface area contributed by atoms with Crippen molar-refractivity contribution >= 4 is 5.78 Å². The summed E-state index contributed by atoms with van der Waals surface area (Å²) in [6.07, 6.45) is 13.9. The third-order valence-electron chi connectivity index (χ3n) is 2.30. The van der Waals surface area contributed by atoms with E-state index >= 15 is 0 Å². The van der Waals surface area contributed by atoms with Gasteiger partial charge in [-0.2, -0.15) is 0 Å². The molecule has 0 saturated heterocycles. The molecule has 0 spiro atoms. The van der Waals surface area contributed by atoms with Gasteiger partial charge in [-0.3, -0.25) is 0 Å². The first-order valence-electron chi connectivity index (χ1n) is 5.91. The zero-order valence-electron chi connectivity index (χ0n) is 9.72. The summed E-state index contributed by atoms with van der Waals surface area (Å²) in [7, 11) is 0. The van der Waals surface area contributed by atoms with Crippen LogP contribution in [0.1, 0.15) is 65.2 Å². The fourth-order valence-electron chi connectivity index (χ4n) is 1.45. The molecule has 0 N–H and O–H groups in total. The molecule has 0 aromatic carbocycles. The number of Topliss-reactive ketones (excluding diaryl/α,β-unsaturated/α-hetero) is 1. The van der Waals surface area contributed by atoms with Gasteiger partial charge in [0.15, 0.2) is 0 Å². The molecule has 0 heterocycles. The minimum atomic E-state index is 0.330.